The van der Waals surface area contributed by atoms with Crippen LogP contribution in [0.3, 0.4) is 0 Å². The van der Waals surface area contributed by atoms with Crippen molar-refractivity contribution < 1.29 is 14.6 Å². The van der Waals surface area contributed by atoms with Crippen molar-refractivity contribution >= 4 is 0 Å². The van der Waals surface area contributed by atoms with Gasteiger partial charge in [-0.15, -0.1) is 0 Å². The molecule has 1 aliphatic rings. The molecule has 3 nitrogen and oxygen atoms in total. The first kappa shape index (κ1) is 18.1. The zero-order valence-electron chi connectivity index (χ0n) is 14.4. The molecule has 0 fully saturated rings. The van der Waals surface area contributed by atoms with E-state index >= 15 is 0 Å². The molecule has 0 unspecified atom stereocenters. The standard InChI is InChI=1S/C20H32O3/c21-15-11-9-7-5-3-1-2-4-6-8-10-12-18-13-14-19-20(16-18)23-17-22-19/h13-14,16,21H,1-12,15,17H2. The molecule has 3 heteroatoms. The third kappa shape index (κ3) is 7.26. The van der Waals surface area contributed by atoms with Crippen molar-refractivity contribution in [2.45, 2.75) is 77.0 Å². The molecule has 2 rings (SSSR count). The number of aryl methyl sites for hydroxylation is 1. The highest BCUT2D eigenvalue weighted by Crippen LogP contribution is 2.32. The van der Waals surface area contributed by atoms with Crippen molar-refractivity contribution in [3.8, 4) is 11.5 Å². The molecule has 1 aliphatic heterocycles. The molecule has 1 N–H and O–H groups in total. The second-order valence-electron chi connectivity index (χ2n) is 6.55. The van der Waals surface area contributed by atoms with E-state index in [1.54, 1.807) is 0 Å². The first-order valence-corrected chi connectivity index (χ1v) is 9.39. The van der Waals surface area contributed by atoms with Crippen LogP contribution in [-0.4, -0.2) is 18.5 Å². The van der Waals surface area contributed by atoms with E-state index in [0.717, 1.165) is 24.3 Å². The summed E-state index contributed by atoms with van der Waals surface area (Å²) < 4.78 is 10.8. The maximum atomic E-state index is 8.71. The third-order valence-corrected chi connectivity index (χ3v) is 4.56. The highest BCUT2D eigenvalue weighted by Gasteiger charge is 2.12. The van der Waals surface area contributed by atoms with Crippen LogP contribution in [0.2, 0.25) is 0 Å². The van der Waals surface area contributed by atoms with E-state index in [-0.39, 0.29) is 0 Å². The van der Waals surface area contributed by atoms with E-state index in [2.05, 4.69) is 12.1 Å². The fraction of sp³-hybridized carbons (Fsp3) is 0.700. The minimum atomic E-state index is 0.353. The van der Waals surface area contributed by atoms with Crippen LogP contribution < -0.4 is 9.47 Å². The topological polar surface area (TPSA) is 38.7 Å². The Kier molecular flexibility index (Phi) is 8.93. The van der Waals surface area contributed by atoms with Gasteiger partial charge in [0.05, 0.1) is 0 Å². The van der Waals surface area contributed by atoms with Gasteiger partial charge in [0.2, 0.25) is 6.79 Å². The summed E-state index contributed by atoms with van der Waals surface area (Å²) in [6, 6.07) is 6.31. The van der Waals surface area contributed by atoms with E-state index in [4.69, 9.17) is 14.6 Å². The first-order valence-electron chi connectivity index (χ1n) is 9.39. The Morgan fingerprint density at radius 3 is 1.91 bits per heavy atom. The quantitative estimate of drug-likeness (QED) is 0.505. The molecule has 0 spiro atoms. The average molecular weight is 320 g/mol. The largest absolute Gasteiger partial charge is 0.454 e. The molecule has 1 heterocycles. The zero-order valence-corrected chi connectivity index (χ0v) is 14.4. The summed E-state index contributed by atoms with van der Waals surface area (Å²) >= 11 is 0. The maximum Gasteiger partial charge on any atom is 0.231 e. The number of aliphatic hydroxyl groups is 1. The molecule has 0 saturated heterocycles. The molecule has 1 aromatic rings. The molecule has 0 radical (unpaired) electrons. The third-order valence-electron chi connectivity index (χ3n) is 4.56. The Bertz CT molecular complexity index is 431. The fourth-order valence-electron chi connectivity index (χ4n) is 3.13. The van der Waals surface area contributed by atoms with E-state index in [0.29, 0.717) is 13.4 Å². The Morgan fingerprint density at radius 1 is 0.696 bits per heavy atom. The van der Waals surface area contributed by atoms with Crippen LogP contribution in [-0.2, 0) is 6.42 Å². The molecular formula is C20H32O3. The van der Waals surface area contributed by atoms with E-state index in [9.17, 15) is 0 Å². The number of hydrogen-bond donors (Lipinski definition) is 1. The van der Waals surface area contributed by atoms with Crippen LogP contribution in [0, 0.1) is 0 Å². The van der Waals surface area contributed by atoms with E-state index in [1.807, 2.05) is 6.07 Å². The van der Waals surface area contributed by atoms with Gasteiger partial charge < -0.3 is 14.6 Å². The van der Waals surface area contributed by atoms with Crippen LogP contribution >= 0.6 is 0 Å². The second-order valence-corrected chi connectivity index (χ2v) is 6.55. The van der Waals surface area contributed by atoms with Crippen LogP contribution in [0.5, 0.6) is 11.5 Å². The molecule has 23 heavy (non-hydrogen) atoms. The Labute approximate surface area is 141 Å². The summed E-state index contributed by atoms with van der Waals surface area (Å²) in [5, 5.41) is 8.71. The van der Waals surface area contributed by atoms with E-state index < -0.39 is 0 Å². The summed E-state index contributed by atoms with van der Waals surface area (Å²) in [6.45, 7) is 0.715. The Morgan fingerprint density at radius 2 is 1.26 bits per heavy atom. The fourth-order valence-corrected chi connectivity index (χ4v) is 3.13. The molecule has 0 aromatic heterocycles. The van der Waals surface area contributed by atoms with Crippen molar-refractivity contribution in [3.63, 3.8) is 0 Å². The maximum absolute atomic E-state index is 8.71. The lowest BCUT2D eigenvalue weighted by Crippen LogP contribution is -1.93. The monoisotopic (exact) mass is 320 g/mol. The summed E-state index contributed by atoms with van der Waals surface area (Å²) in [4.78, 5) is 0. The Hall–Kier alpha value is -1.22. The lowest BCUT2D eigenvalue weighted by molar-refractivity contribution is 0.174. The van der Waals surface area contributed by atoms with Gasteiger partial charge in [-0.25, -0.2) is 0 Å². The molecular weight excluding hydrogens is 288 g/mol. The van der Waals surface area contributed by atoms with Crippen molar-refractivity contribution in [2.24, 2.45) is 0 Å². The second kappa shape index (κ2) is 11.3. The number of fused-ring (bicyclic) bond motifs is 1. The number of aliphatic hydroxyl groups excluding tert-OH is 1. The summed E-state index contributed by atoms with van der Waals surface area (Å²) in [6.07, 6.45) is 15.4. The molecule has 0 atom stereocenters. The summed E-state index contributed by atoms with van der Waals surface area (Å²) in [5.74, 6) is 1.78. The van der Waals surface area contributed by atoms with Gasteiger partial charge in [-0.1, -0.05) is 63.9 Å². The number of benzene rings is 1. The number of rotatable bonds is 13. The number of unbranched alkanes of at least 4 members (excludes halogenated alkanes) is 10. The van der Waals surface area contributed by atoms with Crippen LogP contribution in [0.25, 0.3) is 0 Å². The van der Waals surface area contributed by atoms with Gasteiger partial charge in [-0.3, -0.25) is 0 Å². The predicted octanol–water partition coefficient (Wildman–Crippen LogP) is 5.24. The lowest BCUT2D eigenvalue weighted by atomic mass is 10.0. The number of hydrogen-bond acceptors (Lipinski definition) is 3. The Balaban J connectivity index is 1.40. The highest BCUT2D eigenvalue weighted by atomic mass is 16.7. The van der Waals surface area contributed by atoms with Gasteiger partial charge in [0.15, 0.2) is 11.5 Å². The summed E-state index contributed by atoms with van der Waals surface area (Å²) in [5.41, 5.74) is 1.36. The van der Waals surface area contributed by atoms with Gasteiger partial charge in [0.25, 0.3) is 0 Å². The molecule has 130 valence electrons. The molecule has 1 aromatic carbocycles. The van der Waals surface area contributed by atoms with Gasteiger partial charge >= 0.3 is 0 Å². The van der Waals surface area contributed by atoms with Crippen LogP contribution in [0.1, 0.15) is 76.2 Å². The lowest BCUT2D eigenvalue weighted by Gasteiger charge is -2.04. The molecule has 0 amide bonds. The SMILES string of the molecule is OCCCCCCCCCCCCCc1ccc2c(c1)OCO2. The van der Waals surface area contributed by atoms with Gasteiger partial charge in [0.1, 0.15) is 0 Å². The summed E-state index contributed by atoms with van der Waals surface area (Å²) in [7, 11) is 0. The van der Waals surface area contributed by atoms with Gasteiger partial charge in [-0.05, 0) is 37.0 Å². The van der Waals surface area contributed by atoms with Crippen molar-refractivity contribution in [1.29, 1.82) is 0 Å². The smallest absolute Gasteiger partial charge is 0.231 e. The van der Waals surface area contributed by atoms with E-state index in [1.165, 1.54) is 69.8 Å². The predicted molar refractivity (Wildman–Crippen MR) is 94.1 cm³/mol. The normalized spacial score (nSPS) is 12.7. The van der Waals surface area contributed by atoms with Gasteiger partial charge in [0, 0.05) is 6.61 Å². The minimum absolute atomic E-state index is 0.353. The molecule has 0 saturated carbocycles. The first-order chi connectivity index (χ1) is 11.4. The van der Waals surface area contributed by atoms with Crippen LogP contribution in [0.15, 0.2) is 18.2 Å². The van der Waals surface area contributed by atoms with Crippen molar-refractivity contribution in [1.82, 2.24) is 0 Å². The molecule has 0 bridgehead atoms. The molecule has 0 aliphatic carbocycles. The minimum Gasteiger partial charge on any atom is -0.454 e. The zero-order chi connectivity index (χ0) is 16.2. The van der Waals surface area contributed by atoms with Crippen molar-refractivity contribution in [2.75, 3.05) is 13.4 Å². The highest BCUT2D eigenvalue weighted by molar-refractivity contribution is 5.44. The van der Waals surface area contributed by atoms with Crippen molar-refractivity contribution in [3.05, 3.63) is 23.8 Å². The average Bonchev–Trinajstić information content (AvgIpc) is 3.03. The van der Waals surface area contributed by atoms with Gasteiger partial charge in [-0.2, -0.15) is 0 Å². The number of ether oxygens (including phenoxy) is 2. The van der Waals surface area contributed by atoms with Crippen LogP contribution in [0.4, 0.5) is 0 Å².